The topological polar surface area (TPSA) is 90.7 Å². The first-order valence-corrected chi connectivity index (χ1v) is 9.45. The third kappa shape index (κ3) is 5.77. The molecule has 2 aromatic rings. The summed E-state index contributed by atoms with van der Waals surface area (Å²) in [5, 5.41) is 21.3. The molecule has 3 heterocycles. The average Bonchev–Trinajstić information content (AvgIpc) is 3.26. The van der Waals surface area contributed by atoms with Gasteiger partial charge >= 0.3 is 11.9 Å². The molecule has 0 aromatic carbocycles. The lowest BCUT2D eigenvalue weighted by molar-refractivity contribution is -0.134. The lowest BCUT2D eigenvalue weighted by atomic mass is 10.1. The van der Waals surface area contributed by atoms with Gasteiger partial charge in [-0.25, -0.2) is 14.6 Å². The van der Waals surface area contributed by atoms with Crippen LogP contribution in [0.1, 0.15) is 22.9 Å². The van der Waals surface area contributed by atoms with Gasteiger partial charge in [0.15, 0.2) is 0 Å². The fourth-order valence-corrected chi connectivity index (χ4v) is 4.39. The van der Waals surface area contributed by atoms with Gasteiger partial charge in [0.25, 0.3) is 0 Å². The van der Waals surface area contributed by atoms with Gasteiger partial charge in [0.05, 0.1) is 15.6 Å². The zero-order chi connectivity index (χ0) is 18.4. The van der Waals surface area contributed by atoms with Gasteiger partial charge in [-0.2, -0.15) is 0 Å². The number of likely N-dealkylation sites (N-methyl/N-ethyl adjacent to an activating group) is 1. The Morgan fingerprint density at radius 3 is 2.44 bits per heavy atom. The van der Waals surface area contributed by atoms with E-state index < -0.39 is 11.9 Å². The first-order chi connectivity index (χ1) is 11.9. The zero-order valence-corrected chi connectivity index (χ0v) is 15.6. The Hall–Kier alpha value is -2.03. The number of aliphatic carboxylic acids is 2. The molecule has 134 valence electrons. The second-order valence-corrected chi connectivity index (χ2v) is 7.57. The number of thiophene rings is 1. The summed E-state index contributed by atoms with van der Waals surface area (Å²) < 4.78 is 0. The van der Waals surface area contributed by atoms with Crippen LogP contribution in [-0.4, -0.2) is 52.2 Å². The lowest BCUT2D eigenvalue weighted by Gasteiger charge is -2.06. The minimum atomic E-state index is -1.26. The maximum absolute atomic E-state index is 9.55. The van der Waals surface area contributed by atoms with Crippen molar-refractivity contribution in [2.24, 2.45) is 0 Å². The monoisotopic (exact) mass is 380 g/mol. The number of rotatable bonds is 4. The molecule has 8 heteroatoms. The predicted octanol–water partition coefficient (Wildman–Crippen LogP) is 3.31. The number of likely N-dealkylation sites (tertiary alicyclic amines) is 1. The number of carboxylic acid groups (broad SMARTS) is 2. The van der Waals surface area contributed by atoms with Crippen molar-refractivity contribution in [3.63, 3.8) is 0 Å². The molecule has 0 spiro atoms. The SMILES string of the molecule is Cc1ccsc1-c1csc(C2CCN(C)C2)n1.O=C(O)/C=C/C(=O)O. The Morgan fingerprint density at radius 1 is 1.28 bits per heavy atom. The van der Waals surface area contributed by atoms with E-state index in [4.69, 9.17) is 15.2 Å². The zero-order valence-electron chi connectivity index (χ0n) is 14.0. The molecule has 0 radical (unpaired) electrons. The van der Waals surface area contributed by atoms with E-state index in [1.807, 2.05) is 11.3 Å². The molecule has 1 saturated heterocycles. The summed E-state index contributed by atoms with van der Waals surface area (Å²) >= 11 is 3.62. The van der Waals surface area contributed by atoms with Gasteiger partial charge in [-0.15, -0.1) is 22.7 Å². The third-order valence-corrected chi connectivity index (χ3v) is 5.77. The highest BCUT2D eigenvalue weighted by atomic mass is 32.1. The summed E-state index contributed by atoms with van der Waals surface area (Å²) in [4.78, 5) is 27.7. The van der Waals surface area contributed by atoms with Crippen LogP contribution in [-0.2, 0) is 9.59 Å². The van der Waals surface area contributed by atoms with Crippen molar-refractivity contribution < 1.29 is 19.8 Å². The Morgan fingerprint density at radius 2 is 1.96 bits per heavy atom. The molecular weight excluding hydrogens is 360 g/mol. The molecule has 0 aliphatic carbocycles. The summed E-state index contributed by atoms with van der Waals surface area (Å²) in [5.74, 6) is -1.86. The minimum Gasteiger partial charge on any atom is -0.478 e. The maximum atomic E-state index is 9.55. The lowest BCUT2D eigenvalue weighted by Crippen LogP contribution is -2.13. The third-order valence-electron chi connectivity index (χ3n) is 3.73. The Balaban J connectivity index is 0.000000242. The van der Waals surface area contributed by atoms with Crippen LogP contribution in [0.15, 0.2) is 29.0 Å². The Labute approximate surface area is 154 Å². The van der Waals surface area contributed by atoms with E-state index in [0.29, 0.717) is 18.1 Å². The van der Waals surface area contributed by atoms with Gasteiger partial charge in [0, 0.05) is 30.0 Å². The van der Waals surface area contributed by atoms with E-state index in [9.17, 15) is 9.59 Å². The highest BCUT2D eigenvalue weighted by Crippen LogP contribution is 2.34. The summed E-state index contributed by atoms with van der Waals surface area (Å²) in [7, 11) is 2.19. The number of hydrogen-bond donors (Lipinski definition) is 2. The van der Waals surface area contributed by atoms with Gasteiger partial charge in [-0.3, -0.25) is 0 Å². The van der Waals surface area contributed by atoms with Crippen molar-refractivity contribution in [2.75, 3.05) is 20.1 Å². The van der Waals surface area contributed by atoms with Crippen LogP contribution >= 0.6 is 22.7 Å². The van der Waals surface area contributed by atoms with E-state index >= 15 is 0 Å². The number of nitrogens with zero attached hydrogens (tertiary/aromatic N) is 2. The molecule has 1 aliphatic rings. The summed E-state index contributed by atoms with van der Waals surface area (Å²) in [5.41, 5.74) is 2.52. The largest absolute Gasteiger partial charge is 0.478 e. The van der Waals surface area contributed by atoms with Gasteiger partial charge in [-0.05, 0) is 43.9 Å². The highest BCUT2D eigenvalue weighted by molar-refractivity contribution is 7.14. The van der Waals surface area contributed by atoms with Crippen LogP contribution in [0.25, 0.3) is 10.6 Å². The predicted molar refractivity (Wildman–Crippen MR) is 99.4 cm³/mol. The van der Waals surface area contributed by atoms with Crippen molar-refractivity contribution in [3.8, 4) is 10.6 Å². The van der Waals surface area contributed by atoms with E-state index in [-0.39, 0.29) is 0 Å². The van der Waals surface area contributed by atoms with Crippen molar-refractivity contribution >= 4 is 34.6 Å². The average molecular weight is 380 g/mol. The summed E-state index contributed by atoms with van der Waals surface area (Å²) in [6.07, 6.45) is 2.37. The molecular formula is C17H20N2O4S2. The van der Waals surface area contributed by atoms with Crippen LogP contribution in [0.4, 0.5) is 0 Å². The molecule has 6 nitrogen and oxygen atoms in total. The molecule has 3 rings (SSSR count). The van der Waals surface area contributed by atoms with Crippen molar-refractivity contribution in [3.05, 3.63) is 39.5 Å². The summed E-state index contributed by atoms with van der Waals surface area (Å²) in [6.45, 7) is 4.53. The molecule has 0 saturated carbocycles. The number of carbonyl (C=O) groups is 2. The normalized spacial score (nSPS) is 17.4. The van der Waals surface area contributed by atoms with Gasteiger partial charge < -0.3 is 15.1 Å². The Bertz CT molecular complexity index is 750. The maximum Gasteiger partial charge on any atom is 0.328 e. The van der Waals surface area contributed by atoms with E-state index in [0.717, 1.165) is 6.54 Å². The van der Waals surface area contributed by atoms with Crippen molar-refractivity contribution in [1.29, 1.82) is 0 Å². The standard InChI is InChI=1S/C13H16N2S2.C4H4O4/c1-9-4-6-16-12(9)11-8-17-13(14-11)10-3-5-15(2)7-10;5-3(6)1-2-4(7)8/h4,6,8,10H,3,5,7H2,1-2H3;1-2H,(H,5,6)(H,7,8)/b;2-1+. The second kappa shape index (κ2) is 8.89. The molecule has 0 amide bonds. The molecule has 2 N–H and O–H groups in total. The minimum absolute atomic E-state index is 0.558. The van der Waals surface area contributed by atoms with Crippen LogP contribution in [0.5, 0.6) is 0 Å². The van der Waals surface area contributed by atoms with Crippen LogP contribution in [0.3, 0.4) is 0 Å². The van der Waals surface area contributed by atoms with E-state index in [2.05, 4.69) is 35.7 Å². The van der Waals surface area contributed by atoms with Crippen molar-refractivity contribution in [1.82, 2.24) is 9.88 Å². The molecule has 1 unspecified atom stereocenters. The first kappa shape index (κ1) is 19.3. The number of carboxylic acids is 2. The molecule has 1 atom stereocenters. The summed E-state index contributed by atoms with van der Waals surface area (Å²) in [6, 6.07) is 2.17. The van der Waals surface area contributed by atoms with Crippen LogP contribution < -0.4 is 0 Å². The smallest absolute Gasteiger partial charge is 0.328 e. The van der Waals surface area contributed by atoms with E-state index in [1.165, 1.54) is 34.1 Å². The Kier molecular flexibility index (Phi) is 6.86. The van der Waals surface area contributed by atoms with Crippen LogP contribution in [0.2, 0.25) is 0 Å². The molecule has 1 fully saturated rings. The van der Waals surface area contributed by atoms with Gasteiger partial charge in [-0.1, -0.05) is 0 Å². The molecule has 1 aliphatic heterocycles. The highest BCUT2D eigenvalue weighted by Gasteiger charge is 2.24. The fraction of sp³-hybridized carbons (Fsp3) is 0.353. The number of aryl methyl sites for hydroxylation is 1. The van der Waals surface area contributed by atoms with Crippen LogP contribution in [0, 0.1) is 6.92 Å². The fourth-order valence-electron chi connectivity index (χ4n) is 2.49. The van der Waals surface area contributed by atoms with Gasteiger partial charge in [0.2, 0.25) is 0 Å². The second-order valence-electron chi connectivity index (χ2n) is 5.76. The molecule has 25 heavy (non-hydrogen) atoms. The van der Waals surface area contributed by atoms with E-state index in [1.54, 1.807) is 11.3 Å². The number of hydrogen-bond acceptors (Lipinski definition) is 6. The van der Waals surface area contributed by atoms with Crippen molar-refractivity contribution in [2.45, 2.75) is 19.3 Å². The molecule has 0 bridgehead atoms. The van der Waals surface area contributed by atoms with Gasteiger partial charge in [0.1, 0.15) is 0 Å². The molecule has 2 aromatic heterocycles. The first-order valence-electron chi connectivity index (χ1n) is 7.69. The number of aromatic nitrogens is 1. The number of thiazole rings is 1. The quantitative estimate of drug-likeness (QED) is 0.791.